The van der Waals surface area contributed by atoms with Crippen LogP contribution in [0.2, 0.25) is 0 Å². The number of aromatic amines is 1. The van der Waals surface area contributed by atoms with E-state index in [2.05, 4.69) is 20.3 Å². The number of thiazole rings is 1. The minimum atomic E-state index is -0.0401. The van der Waals surface area contributed by atoms with Gasteiger partial charge in [0.25, 0.3) is 0 Å². The van der Waals surface area contributed by atoms with Gasteiger partial charge in [-0.1, -0.05) is 0 Å². The van der Waals surface area contributed by atoms with Crippen LogP contribution in [0.15, 0.2) is 17.8 Å². The van der Waals surface area contributed by atoms with Gasteiger partial charge in [-0.15, -0.1) is 11.3 Å². The number of nitrogens with zero attached hydrogens (tertiary/aromatic N) is 2. The summed E-state index contributed by atoms with van der Waals surface area (Å²) >= 11 is 1.55. The van der Waals surface area contributed by atoms with E-state index in [4.69, 9.17) is 0 Å². The summed E-state index contributed by atoms with van der Waals surface area (Å²) in [6.07, 6.45) is 3.71. The summed E-state index contributed by atoms with van der Waals surface area (Å²) in [6, 6.07) is 0. The van der Waals surface area contributed by atoms with Crippen molar-refractivity contribution in [2.75, 3.05) is 0 Å². The van der Waals surface area contributed by atoms with Crippen molar-refractivity contribution >= 4 is 17.2 Å². The third-order valence-corrected chi connectivity index (χ3v) is 2.84. The third kappa shape index (κ3) is 2.90. The lowest BCUT2D eigenvalue weighted by Gasteiger charge is -2.00. The number of rotatable bonds is 4. The summed E-state index contributed by atoms with van der Waals surface area (Å²) in [4.78, 5) is 22.7. The van der Waals surface area contributed by atoms with Crippen molar-refractivity contribution in [2.24, 2.45) is 0 Å². The van der Waals surface area contributed by atoms with Crippen LogP contribution in [-0.4, -0.2) is 20.9 Å². The maximum atomic E-state index is 11.5. The van der Waals surface area contributed by atoms with Gasteiger partial charge in [0, 0.05) is 17.8 Å². The van der Waals surface area contributed by atoms with Crippen LogP contribution in [0.25, 0.3) is 0 Å². The summed E-state index contributed by atoms with van der Waals surface area (Å²) in [5, 5.41) is 5.66. The molecule has 2 rings (SSSR count). The minimum Gasteiger partial charge on any atom is -0.349 e. The fraction of sp³-hybridized carbons (Fsp3) is 0.300. The maximum absolute atomic E-state index is 11.5. The van der Waals surface area contributed by atoms with Gasteiger partial charge in [0.05, 0.1) is 23.7 Å². The standard InChI is InChI=1S/C10H12N4OS/c1-7-14-8(6-16-7)4-10(15)13-5-9-11-2-3-12-9/h2-3,6H,4-5H2,1H3,(H,11,12)(H,13,15). The van der Waals surface area contributed by atoms with Gasteiger partial charge in [-0.25, -0.2) is 9.97 Å². The van der Waals surface area contributed by atoms with E-state index < -0.39 is 0 Å². The number of hydrogen-bond acceptors (Lipinski definition) is 4. The van der Waals surface area contributed by atoms with E-state index in [9.17, 15) is 4.79 Å². The Hall–Kier alpha value is -1.69. The number of carbonyl (C=O) groups excluding carboxylic acids is 1. The normalized spacial score (nSPS) is 10.3. The first-order chi connectivity index (χ1) is 7.74. The SMILES string of the molecule is Cc1nc(CC(=O)NCc2ncc[nH]2)cs1. The Morgan fingerprint density at radius 2 is 2.50 bits per heavy atom. The number of imidazole rings is 1. The van der Waals surface area contributed by atoms with Gasteiger partial charge in [0.15, 0.2) is 0 Å². The van der Waals surface area contributed by atoms with Crippen LogP contribution in [0.1, 0.15) is 16.5 Å². The number of H-pyrrole nitrogens is 1. The Bertz CT molecular complexity index is 463. The fourth-order valence-electron chi connectivity index (χ4n) is 1.29. The molecule has 2 aromatic heterocycles. The average Bonchev–Trinajstić information content (AvgIpc) is 2.87. The topological polar surface area (TPSA) is 70.7 Å². The van der Waals surface area contributed by atoms with Crippen molar-refractivity contribution in [1.29, 1.82) is 0 Å². The van der Waals surface area contributed by atoms with Crippen molar-refractivity contribution in [3.8, 4) is 0 Å². The molecule has 6 heteroatoms. The van der Waals surface area contributed by atoms with Gasteiger partial charge in [0.2, 0.25) is 5.91 Å². The molecule has 0 unspecified atom stereocenters. The predicted molar refractivity (Wildman–Crippen MR) is 61.0 cm³/mol. The summed E-state index contributed by atoms with van der Waals surface area (Å²) in [5.41, 5.74) is 0.819. The smallest absolute Gasteiger partial charge is 0.226 e. The lowest BCUT2D eigenvalue weighted by molar-refractivity contribution is -0.120. The summed E-state index contributed by atoms with van der Waals surface area (Å²) < 4.78 is 0. The highest BCUT2D eigenvalue weighted by atomic mass is 32.1. The zero-order valence-corrected chi connectivity index (χ0v) is 9.67. The van der Waals surface area contributed by atoms with Crippen LogP contribution in [0.5, 0.6) is 0 Å². The number of carbonyl (C=O) groups is 1. The molecule has 2 heterocycles. The molecular formula is C10H12N4OS. The second-order valence-electron chi connectivity index (χ2n) is 3.35. The molecule has 2 N–H and O–H groups in total. The first-order valence-electron chi connectivity index (χ1n) is 4.90. The van der Waals surface area contributed by atoms with Crippen LogP contribution >= 0.6 is 11.3 Å². The van der Waals surface area contributed by atoms with Crippen LogP contribution in [0, 0.1) is 6.92 Å². The molecule has 5 nitrogen and oxygen atoms in total. The fourth-order valence-corrected chi connectivity index (χ4v) is 1.91. The van der Waals surface area contributed by atoms with Crippen molar-refractivity contribution in [2.45, 2.75) is 19.9 Å². The Kier molecular flexibility index (Phi) is 3.31. The van der Waals surface area contributed by atoms with E-state index in [1.54, 1.807) is 23.7 Å². The zero-order valence-electron chi connectivity index (χ0n) is 8.86. The highest BCUT2D eigenvalue weighted by molar-refractivity contribution is 7.09. The van der Waals surface area contributed by atoms with Crippen molar-refractivity contribution < 1.29 is 4.79 Å². The Balaban J connectivity index is 1.81. The number of hydrogen-bond donors (Lipinski definition) is 2. The first-order valence-corrected chi connectivity index (χ1v) is 5.78. The third-order valence-electron chi connectivity index (χ3n) is 2.02. The highest BCUT2D eigenvalue weighted by Gasteiger charge is 2.06. The molecular weight excluding hydrogens is 224 g/mol. The van der Waals surface area contributed by atoms with Crippen molar-refractivity contribution in [3.05, 3.63) is 34.3 Å². The largest absolute Gasteiger partial charge is 0.349 e. The van der Waals surface area contributed by atoms with Crippen LogP contribution in [0.3, 0.4) is 0 Å². The Morgan fingerprint density at radius 1 is 1.62 bits per heavy atom. The van der Waals surface area contributed by atoms with Crippen molar-refractivity contribution in [3.63, 3.8) is 0 Å². The Labute approximate surface area is 96.9 Å². The molecule has 0 spiro atoms. The molecule has 2 aromatic rings. The van der Waals surface area contributed by atoms with Crippen LogP contribution < -0.4 is 5.32 Å². The Morgan fingerprint density at radius 3 is 3.12 bits per heavy atom. The monoisotopic (exact) mass is 236 g/mol. The van der Waals surface area contributed by atoms with Gasteiger partial charge < -0.3 is 10.3 Å². The molecule has 0 radical (unpaired) electrons. The summed E-state index contributed by atoms with van der Waals surface area (Å²) in [7, 11) is 0. The summed E-state index contributed by atoms with van der Waals surface area (Å²) in [6.45, 7) is 2.35. The molecule has 84 valence electrons. The molecule has 0 aliphatic carbocycles. The van der Waals surface area contributed by atoms with Gasteiger partial charge in [-0.05, 0) is 6.92 Å². The maximum Gasteiger partial charge on any atom is 0.226 e. The van der Waals surface area contributed by atoms with E-state index in [0.29, 0.717) is 13.0 Å². The van der Waals surface area contributed by atoms with E-state index in [0.717, 1.165) is 16.5 Å². The molecule has 1 amide bonds. The van der Waals surface area contributed by atoms with Gasteiger partial charge in [-0.2, -0.15) is 0 Å². The molecule has 0 aliphatic rings. The molecule has 0 fully saturated rings. The van der Waals surface area contributed by atoms with Gasteiger partial charge >= 0.3 is 0 Å². The minimum absolute atomic E-state index is 0.0401. The molecule has 0 saturated carbocycles. The summed E-state index contributed by atoms with van der Waals surface area (Å²) in [5.74, 6) is 0.713. The van der Waals surface area contributed by atoms with Crippen LogP contribution in [-0.2, 0) is 17.8 Å². The zero-order chi connectivity index (χ0) is 11.4. The lowest BCUT2D eigenvalue weighted by atomic mass is 10.3. The molecule has 0 bridgehead atoms. The van der Waals surface area contributed by atoms with Gasteiger partial charge in [-0.3, -0.25) is 4.79 Å². The quantitative estimate of drug-likeness (QED) is 0.833. The lowest BCUT2D eigenvalue weighted by Crippen LogP contribution is -2.25. The van der Waals surface area contributed by atoms with E-state index in [1.165, 1.54) is 0 Å². The molecule has 0 aromatic carbocycles. The second-order valence-corrected chi connectivity index (χ2v) is 4.41. The van der Waals surface area contributed by atoms with Crippen LogP contribution in [0.4, 0.5) is 0 Å². The molecule has 0 aliphatic heterocycles. The molecule has 16 heavy (non-hydrogen) atoms. The highest BCUT2D eigenvalue weighted by Crippen LogP contribution is 2.08. The number of nitrogens with one attached hydrogen (secondary N) is 2. The van der Waals surface area contributed by atoms with E-state index in [1.807, 2.05) is 12.3 Å². The second kappa shape index (κ2) is 4.89. The van der Waals surface area contributed by atoms with Gasteiger partial charge in [0.1, 0.15) is 5.82 Å². The predicted octanol–water partition coefficient (Wildman–Crippen LogP) is 1.03. The average molecular weight is 236 g/mol. The molecule has 0 atom stereocenters. The number of aromatic nitrogens is 3. The van der Waals surface area contributed by atoms with E-state index in [-0.39, 0.29) is 5.91 Å². The number of amides is 1. The number of aryl methyl sites for hydroxylation is 1. The first kappa shape index (κ1) is 10.8. The molecule has 0 saturated heterocycles. The van der Waals surface area contributed by atoms with Crippen molar-refractivity contribution in [1.82, 2.24) is 20.3 Å². The van der Waals surface area contributed by atoms with E-state index >= 15 is 0 Å².